The summed E-state index contributed by atoms with van der Waals surface area (Å²) in [7, 11) is 1.56. The largest absolute Gasteiger partial charge is 0.496 e. The molecule has 4 nitrogen and oxygen atoms in total. The third-order valence-corrected chi connectivity index (χ3v) is 2.61. The van der Waals surface area contributed by atoms with E-state index in [2.05, 4.69) is 0 Å². The molecule has 0 saturated heterocycles. The molecule has 88 valence electrons. The molecule has 1 aromatic rings. The zero-order chi connectivity index (χ0) is 12.3. The normalized spacial score (nSPS) is 14.2. The minimum absolute atomic E-state index is 0.0609. The molecule has 1 aromatic carbocycles. The second-order valence-electron chi connectivity index (χ2n) is 4.00. The quantitative estimate of drug-likeness (QED) is 0.810. The lowest BCUT2D eigenvalue weighted by Gasteiger charge is -2.19. The average molecular weight is 224 g/mol. The fourth-order valence-corrected chi connectivity index (χ4v) is 1.52. The van der Waals surface area contributed by atoms with Gasteiger partial charge in [-0.15, -0.1) is 0 Å². The number of methoxy groups -OCH3 is 1. The van der Waals surface area contributed by atoms with E-state index in [0.29, 0.717) is 5.75 Å². The van der Waals surface area contributed by atoms with Gasteiger partial charge >= 0.3 is 5.97 Å². The van der Waals surface area contributed by atoms with Crippen LogP contribution in [-0.4, -0.2) is 28.9 Å². The molecule has 0 aliphatic heterocycles. The minimum Gasteiger partial charge on any atom is -0.496 e. The van der Waals surface area contributed by atoms with Gasteiger partial charge in [0, 0.05) is 6.42 Å². The first-order valence-electron chi connectivity index (χ1n) is 4.96. The van der Waals surface area contributed by atoms with Crippen LogP contribution in [0.5, 0.6) is 5.75 Å². The highest BCUT2D eigenvalue weighted by Crippen LogP contribution is 2.24. The maximum Gasteiger partial charge on any atom is 0.335 e. The molecule has 0 heterocycles. The molecular formula is C12H16O4. The van der Waals surface area contributed by atoms with Crippen molar-refractivity contribution in [3.8, 4) is 5.75 Å². The van der Waals surface area contributed by atoms with Gasteiger partial charge in [0.05, 0.1) is 7.11 Å². The summed E-state index contributed by atoms with van der Waals surface area (Å²) >= 11 is 0. The highest BCUT2D eigenvalue weighted by molar-refractivity contribution is 5.77. The van der Waals surface area contributed by atoms with Crippen LogP contribution in [0.1, 0.15) is 18.1 Å². The highest BCUT2D eigenvalue weighted by Gasteiger charge is 2.30. The third kappa shape index (κ3) is 2.52. The van der Waals surface area contributed by atoms with Gasteiger partial charge in [-0.25, -0.2) is 4.79 Å². The number of rotatable bonds is 4. The van der Waals surface area contributed by atoms with E-state index < -0.39 is 11.6 Å². The van der Waals surface area contributed by atoms with Crippen molar-refractivity contribution >= 4 is 5.97 Å². The number of carboxylic acids is 1. The Morgan fingerprint density at radius 2 is 2.12 bits per heavy atom. The molecule has 0 amide bonds. The van der Waals surface area contributed by atoms with Crippen molar-refractivity contribution in [2.75, 3.05) is 7.11 Å². The van der Waals surface area contributed by atoms with E-state index in [1.807, 2.05) is 6.92 Å². The minimum atomic E-state index is -1.75. The number of benzene rings is 1. The van der Waals surface area contributed by atoms with Crippen molar-refractivity contribution < 1.29 is 19.7 Å². The van der Waals surface area contributed by atoms with Gasteiger partial charge in [-0.3, -0.25) is 0 Å². The van der Waals surface area contributed by atoms with Gasteiger partial charge in [-0.2, -0.15) is 0 Å². The van der Waals surface area contributed by atoms with Crippen molar-refractivity contribution in [3.63, 3.8) is 0 Å². The monoisotopic (exact) mass is 224 g/mol. The molecule has 0 aliphatic carbocycles. The third-order valence-electron chi connectivity index (χ3n) is 2.61. The van der Waals surface area contributed by atoms with Gasteiger partial charge < -0.3 is 14.9 Å². The Kier molecular flexibility index (Phi) is 3.55. The van der Waals surface area contributed by atoms with E-state index in [-0.39, 0.29) is 6.42 Å². The summed E-state index contributed by atoms with van der Waals surface area (Å²) < 4.78 is 5.13. The van der Waals surface area contributed by atoms with Gasteiger partial charge in [-0.1, -0.05) is 12.1 Å². The van der Waals surface area contributed by atoms with Crippen LogP contribution in [0, 0.1) is 6.92 Å². The van der Waals surface area contributed by atoms with Crippen LogP contribution in [0.2, 0.25) is 0 Å². The zero-order valence-electron chi connectivity index (χ0n) is 9.65. The lowest BCUT2D eigenvalue weighted by molar-refractivity contribution is -0.156. The Bertz CT molecular complexity index is 396. The van der Waals surface area contributed by atoms with E-state index in [9.17, 15) is 9.90 Å². The molecule has 16 heavy (non-hydrogen) atoms. The van der Waals surface area contributed by atoms with Crippen LogP contribution in [0.15, 0.2) is 18.2 Å². The lowest BCUT2D eigenvalue weighted by atomic mass is 9.93. The Balaban J connectivity index is 3.02. The zero-order valence-corrected chi connectivity index (χ0v) is 9.65. The Hall–Kier alpha value is -1.55. The summed E-state index contributed by atoms with van der Waals surface area (Å²) in [5, 5.41) is 18.5. The maximum atomic E-state index is 10.8. The highest BCUT2D eigenvalue weighted by atomic mass is 16.5. The van der Waals surface area contributed by atoms with Crippen molar-refractivity contribution in [2.45, 2.75) is 25.9 Å². The summed E-state index contributed by atoms with van der Waals surface area (Å²) in [6, 6.07) is 5.36. The van der Waals surface area contributed by atoms with E-state index in [1.54, 1.807) is 25.3 Å². The fraction of sp³-hybridized carbons (Fsp3) is 0.417. The predicted molar refractivity (Wildman–Crippen MR) is 59.7 cm³/mol. The molecule has 1 atom stereocenters. The number of carbonyl (C=O) groups is 1. The van der Waals surface area contributed by atoms with E-state index >= 15 is 0 Å². The molecular weight excluding hydrogens is 208 g/mol. The number of aliphatic hydroxyl groups is 1. The van der Waals surface area contributed by atoms with Crippen molar-refractivity contribution in [3.05, 3.63) is 29.3 Å². The maximum absolute atomic E-state index is 10.8. The van der Waals surface area contributed by atoms with Crippen LogP contribution in [0.3, 0.4) is 0 Å². The number of hydrogen-bond acceptors (Lipinski definition) is 3. The summed E-state index contributed by atoms with van der Waals surface area (Å²) in [6.45, 7) is 3.13. The smallest absolute Gasteiger partial charge is 0.335 e. The predicted octanol–water partition coefficient (Wildman–Crippen LogP) is 1.38. The summed E-state index contributed by atoms with van der Waals surface area (Å²) in [4.78, 5) is 10.8. The van der Waals surface area contributed by atoms with Gasteiger partial charge in [0.25, 0.3) is 0 Å². The molecule has 0 aliphatic rings. The Morgan fingerprint density at radius 3 is 2.62 bits per heavy atom. The van der Waals surface area contributed by atoms with Crippen LogP contribution in [0.4, 0.5) is 0 Å². The molecule has 2 N–H and O–H groups in total. The Morgan fingerprint density at radius 1 is 1.50 bits per heavy atom. The van der Waals surface area contributed by atoms with Crippen LogP contribution in [-0.2, 0) is 11.2 Å². The van der Waals surface area contributed by atoms with Gasteiger partial charge in [0.2, 0.25) is 0 Å². The van der Waals surface area contributed by atoms with Crippen molar-refractivity contribution in [1.82, 2.24) is 0 Å². The topological polar surface area (TPSA) is 66.8 Å². The van der Waals surface area contributed by atoms with Gasteiger partial charge in [0.15, 0.2) is 5.60 Å². The summed E-state index contributed by atoms with van der Waals surface area (Å²) in [5.74, 6) is -0.534. The lowest BCUT2D eigenvalue weighted by Crippen LogP contribution is -2.37. The van der Waals surface area contributed by atoms with Crippen molar-refractivity contribution in [2.24, 2.45) is 0 Å². The molecule has 1 rings (SSSR count). The summed E-state index contributed by atoms with van der Waals surface area (Å²) in [6.07, 6.45) is 0.0609. The standard InChI is InChI=1S/C12H16O4/c1-8-9(5-4-6-10(8)16-3)7-12(2,15)11(13)14/h4-6,15H,7H2,1-3H3,(H,13,14). The Labute approximate surface area is 94.5 Å². The van der Waals surface area contributed by atoms with Gasteiger partial charge in [-0.05, 0) is 31.0 Å². The average Bonchev–Trinajstić information content (AvgIpc) is 2.20. The van der Waals surface area contributed by atoms with E-state index in [0.717, 1.165) is 11.1 Å². The van der Waals surface area contributed by atoms with Gasteiger partial charge in [0.1, 0.15) is 5.75 Å². The molecule has 0 aromatic heterocycles. The first-order valence-corrected chi connectivity index (χ1v) is 4.96. The first kappa shape index (κ1) is 12.5. The molecule has 0 fully saturated rings. The molecule has 0 radical (unpaired) electrons. The fourth-order valence-electron chi connectivity index (χ4n) is 1.52. The molecule has 1 unspecified atom stereocenters. The van der Waals surface area contributed by atoms with Crippen LogP contribution in [0.25, 0.3) is 0 Å². The number of carboxylic acid groups (broad SMARTS) is 1. The van der Waals surface area contributed by atoms with Crippen LogP contribution >= 0.6 is 0 Å². The molecule has 0 spiro atoms. The number of aliphatic carboxylic acids is 1. The van der Waals surface area contributed by atoms with E-state index in [4.69, 9.17) is 9.84 Å². The molecule has 0 bridgehead atoms. The van der Waals surface area contributed by atoms with Crippen LogP contribution < -0.4 is 4.74 Å². The number of ether oxygens (including phenoxy) is 1. The second kappa shape index (κ2) is 4.53. The SMILES string of the molecule is COc1cccc(CC(C)(O)C(=O)O)c1C. The van der Waals surface area contributed by atoms with E-state index in [1.165, 1.54) is 6.92 Å². The first-order chi connectivity index (χ1) is 7.38. The number of hydrogen-bond donors (Lipinski definition) is 2. The van der Waals surface area contributed by atoms with Crippen molar-refractivity contribution in [1.29, 1.82) is 0 Å². The summed E-state index contributed by atoms with van der Waals surface area (Å²) in [5.41, 5.74) is -0.129. The molecule has 0 saturated carbocycles. The molecule has 4 heteroatoms. The second-order valence-corrected chi connectivity index (χ2v) is 4.00.